The van der Waals surface area contributed by atoms with Crippen molar-refractivity contribution in [3.8, 4) is 11.3 Å². The normalized spacial score (nSPS) is 10.6. The molecule has 0 radical (unpaired) electrons. The minimum absolute atomic E-state index is 0.0773. The average molecular weight is 410 g/mol. The van der Waals surface area contributed by atoms with Gasteiger partial charge in [-0.3, -0.25) is 4.79 Å². The van der Waals surface area contributed by atoms with Crippen molar-refractivity contribution in [1.82, 2.24) is 9.97 Å². The monoisotopic (exact) mass is 409 g/mol. The maximum Gasteiger partial charge on any atom is 0.226 e. The second-order valence-electron chi connectivity index (χ2n) is 4.98. The van der Waals surface area contributed by atoms with Gasteiger partial charge in [0.25, 0.3) is 0 Å². The number of anilines is 1. The van der Waals surface area contributed by atoms with E-state index < -0.39 is 0 Å². The minimum Gasteiger partial charge on any atom is -0.302 e. The number of carbonyl (C=O) groups is 1. The number of carbonyl (C=O) groups excluding carboxylic acids is 1. The molecule has 0 saturated heterocycles. The first kappa shape index (κ1) is 18.2. The molecule has 0 saturated carbocycles. The van der Waals surface area contributed by atoms with Gasteiger partial charge < -0.3 is 5.32 Å². The summed E-state index contributed by atoms with van der Waals surface area (Å²) in [5, 5.41) is 7.23. The number of halogens is 2. The highest BCUT2D eigenvalue weighted by Crippen LogP contribution is 2.32. The molecule has 0 bridgehead atoms. The second-order valence-corrected chi connectivity index (χ2v) is 7.79. The molecule has 2 aromatic heterocycles. The van der Waals surface area contributed by atoms with Gasteiger partial charge in [-0.25, -0.2) is 9.97 Å². The summed E-state index contributed by atoms with van der Waals surface area (Å²) in [5.74, 6) is 0.580. The number of thioether (sulfide) groups is 1. The number of rotatable bonds is 6. The van der Waals surface area contributed by atoms with Crippen LogP contribution < -0.4 is 5.32 Å². The number of benzene rings is 1. The molecule has 0 atom stereocenters. The molecule has 1 amide bonds. The fourth-order valence-corrected chi connectivity index (χ4v) is 4.05. The van der Waals surface area contributed by atoms with Crippen LogP contribution in [0.1, 0.15) is 6.42 Å². The lowest BCUT2D eigenvalue weighted by Crippen LogP contribution is -2.11. The Balaban J connectivity index is 1.55. The van der Waals surface area contributed by atoms with Gasteiger partial charge in [-0.05, 0) is 30.3 Å². The van der Waals surface area contributed by atoms with Crippen LogP contribution in [0.5, 0.6) is 0 Å². The Kier molecular flexibility index (Phi) is 6.31. The predicted molar refractivity (Wildman–Crippen MR) is 106 cm³/mol. The third-order valence-electron chi connectivity index (χ3n) is 3.17. The lowest BCUT2D eigenvalue weighted by Gasteiger charge is -2.02. The summed E-state index contributed by atoms with van der Waals surface area (Å²) in [6.45, 7) is 0. The molecular weight excluding hydrogens is 397 g/mol. The summed E-state index contributed by atoms with van der Waals surface area (Å²) in [6, 6.07) is 11.0. The number of hydrogen-bond acceptors (Lipinski definition) is 5. The third-order valence-corrected chi connectivity index (χ3v) is 5.43. The zero-order chi connectivity index (χ0) is 17.6. The molecule has 0 aliphatic heterocycles. The van der Waals surface area contributed by atoms with Crippen molar-refractivity contribution in [3.05, 3.63) is 58.0 Å². The number of nitrogens with zero attached hydrogens (tertiary/aromatic N) is 2. The number of aromatic nitrogens is 2. The lowest BCUT2D eigenvalue weighted by molar-refractivity contribution is -0.115. The second kappa shape index (κ2) is 8.67. The number of pyridine rings is 1. The van der Waals surface area contributed by atoms with Crippen LogP contribution in [0.25, 0.3) is 11.3 Å². The molecule has 0 fully saturated rings. The van der Waals surface area contributed by atoms with Crippen LogP contribution in [-0.2, 0) is 4.79 Å². The molecule has 2 heterocycles. The predicted octanol–water partition coefficient (Wildman–Crippen LogP) is 5.63. The van der Waals surface area contributed by atoms with Crippen LogP contribution in [0.4, 0.5) is 5.13 Å². The van der Waals surface area contributed by atoms with Gasteiger partial charge in [-0.1, -0.05) is 29.3 Å². The van der Waals surface area contributed by atoms with Gasteiger partial charge in [0.1, 0.15) is 0 Å². The minimum atomic E-state index is -0.0773. The van der Waals surface area contributed by atoms with Crippen LogP contribution in [-0.4, -0.2) is 21.6 Å². The van der Waals surface area contributed by atoms with Gasteiger partial charge in [-0.15, -0.1) is 23.1 Å². The average Bonchev–Trinajstić information content (AvgIpc) is 3.04. The summed E-state index contributed by atoms with van der Waals surface area (Å²) in [7, 11) is 0. The van der Waals surface area contributed by atoms with Crippen molar-refractivity contribution in [2.45, 2.75) is 11.4 Å². The zero-order valence-corrected chi connectivity index (χ0v) is 16.1. The molecule has 4 nitrogen and oxygen atoms in total. The molecule has 0 spiro atoms. The summed E-state index contributed by atoms with van der Waals surface area (Å²) in [6.07, 6.45) is 2.12. The van der Waals surface area contributed by atoms with Crippen molar-refractivity contribution >= 4 is 57.3 Å². The summed E-state index contributed by atoms with van der Waals surface area (Å²) in [5.41, 5.74) is 1.50. The first-order valence-corrected chi connectivity index (χ1v) is 9.98. The first-order chi connectivity index (χ1) is 12.1. The molecule has 3 rings (SSSR count). The first-order valence-electron chi connectivity index (χ1n) is 7.36. The van der Waals surface area contributed by atoms with E-state index >= 15 is 0 Å². The third kappa shape index (κ3) is 5.19. The number of thiazole rings is 1. The quantitative estimate of drug-likeness (QED) is 0.535. The molecule has 25 heavy (non-hydrogen) atoms. The Labute approximate surface area is 163 Å². The van der Waals surface area contributed by atoms with Crippen molar-refractivity contribution in [3.63, 3.8) is 0 Å². The van der Waals surface area contributed by atoms with E-state index in [1.165, 1.54) is 11.3 Å². The fourth-order valence-electron chi connectivity index (χ4n) is 2.01. The van der Waals surface area contributed by atoms with Gasteiger partial charge in [0.05, 0.1) is 15.7 Å². The SMILES string of the molecule is O=C(CCSc1ccccn1)Nc1nc(-c2ccc(Cl)cc2Cl)cs1. The molecule has 3 aromatic rings. The van der Waals surface area contributed by atoms with E-state index in [-0.39, 0.29) is 5.91 Å². The molecule has 0 unspecified atom stereocenters. The number of hydrogen-bond donors (Lipinski definition) is 1. The van der Waals surface area contributed by atoms with Gasteiger partial charge in [0, 0.05) is 34.3 Å². The standard InChI is InChI=1S/C17H13Cl2N3OS2/c18-11-4-5-12(13(19)9-11)14-10-25-17(21-14)22-15(23)6-8-24-16-3-1-2-7-20-16/h1-5,7,9-10H,6,8H2,(H,21,22,23). The van der Waals surface area contributed by atoms with E-state index in [1.54, 1.807) is 30.1 Å². The van der Waals surface area contributed by atoms with Crippen LogP contribution in [0.3, 0.4) is 0 Å². The molecule has 128 valence electrons. The van der Waals surface area contributed by atoms with E-state index in [1.807, 2.05) is 29.6 Å². The van der Waals surface area contributed by atoms with E-state index in [2.05, 4.69) is 15.3 Å². The summed E-state index contributed by atoms with van der Waals surface area (Å²) < 4.78 is 0. The number of nitrogens with one attached hydrogen (secondary N) is 1. The van der Waals surface area contributed by atoms with E-state index in [0.717, 1.165) is 10.6 Å². The Bertz CT molecular complexity index is 871. The summed E-state index contributed by atoms with van der Waals surface area (Å²) in [4.78, 5) is 20.7. The maximum atomic E-state index is 12.0. The molecule has 8 heteroatoms. The zero-order valence-electron chi connectivity index (χ0n) is 12.9. The Morgan fingerprint density at radius 1 is 1.24 bits per heavy atom. The smallest absolute Gasteiger partial charge is 0.226 e. The Morgan fingerprint density at radius 2 is 2.12 bits per heavy atom. The van der Waals surface area contributed by atoms with Gasteiger partial charge in [0.2, 0.25) is 5.91 Å². The molecule has 1 N–H and O–H groups in total. The van der Waals surface area contributed by atoms with Crippen LogP contribution in [0.15, 0.2) is 53.0 Å². The van der Waals surface area contributed by atoms with Crippen molar-refractivity contribution in [2.75, 3.05) is 11.1 Å². The van der Waals surface area contributed by atoms with E-state index in [9.17, 15) is 4.79 Å². The fraction of sp³-hybridized carbons (Fsp3) is 0.118. The highest BCUT2D eigenvalue weighted by molar-refractivity contribution is 7.99. The van der Waals surface area contributed by atoms with Crippen LogP contribution in [0.2, 0.25) is 10.0 Å². The van der Waals surface area contributed by atoms with Gasteiger partial charge in [0.15, 0.2) is 5.13 Å². The van der Waals surface area contributed by atoms with Crippen molar-refractivity contribution in [1.29, 1.82) is 0 Å². The van der Waals surface area contributed by atoms with Gasteiger partial charge >= 0.3 is 0 Å². The molecule has 0 aliphatic rings. The van der Waals surface area contributed by atoms with Gasteiger partial charge in [-0.2, -0.15) is 0 Å². The topological polar surface area (TPSA) is 54.9 Å². The van der Waals surface area contributed by atoms with Crippen molar-refractivity contribution < 1.29 is 4.79 Å². The highest BCUT2D eigenvalue weighted by Gasteiger charge is 2.11. The highest BCUT2D eigenvalue weighted by atomic mass is 35.5. The van der Waals surface area contributed by atoms with E-state index in [4.69, 9.17) is 23.2 Å². The molecular formula is C17H13Cl2N3OS2. The lowest BCUT2D eigenvalue weighted by atomic mass is 10.2. The Morgan fingerprint density at radius 3 is 2.88 bits per heavy atom. The largest absolute Gasteiger partial charge is 0.302 e. The van der Waals surface area contributed by atoms with Crippen LogP contribution >= 0.6 is 46.3 Å². The van der Waals surface area contributed by atoms with Crippen LogP contribution in [0, 0.1) is 0 Å². The summed E-state index contributed by atoms with van der Waals surface area (Å²) >= 11 is 15.0. The number of amides is 1. The molecule has 1 aromatic carbocycles. The van der Waals surface area contributed by atoms with E-state index in [0.29, 0.717) is 33.0 Å². The van der Waals surface area contributed by atoms with Crippen molar-refractivity contribution in [2.24, 2.45) is 0 Å². The molecule has 0 aliphatic carbocycles. The Hall–Kier alpha value is -1.60. The maximum absolute atomic E-state index is 12.0.